The smallest absolute Gasteiger partial charge is 0.308 e. The van der Waals surface area contributed by atoms with Gasteiger partial charge in [0.05, 0.1) is 85.6 Å². The van der Waals surface area contributed by atoms with Gasteiger partial charge in [-0.1, -0.05) is 212 Å². The molecular formula is C82H50F3N7. The van der Waals surface area contributed by atoms with Crippen LogP contribution in [0.1, 0.15) is 5.56 Å². The largest absolute Gasteiger partial charge is 0.420 e. The Labute approximate surface area is 527 Å². The van der Waals surface area contributed by atoms with Crippen LogP contribution in [0.25, 0.3) is 161 Å². The summed E-state index contributed by atoms with van der Waals surface area (Å²) in [6, 6.07) is 97.1. The minimum atomic E-state index is -5.01. The molecule has 0 saturated heterocycles. The lowest BCUT2D eigenvalue weighted by Gasteiger charge is -2.23. The van der Waals surface area contributed by atoms with E-state index in [0.717, 1.165) is 66.6 Å². The predicted molar refractivity (Wildman–Crippen MR) is 366 cm³/mol. The lowest BCUT2D eigenvalue weighted by molar-refractivity contribution is -0.137. The summed E-state index contributed by atoms with van der Waals surface area (Å²) in [7, 11) is 0. The van der Waals surface area contributed by atoms with Crippen LogP contribution in [0.5, 0.6) is 0 Å². The average molecular weight is 1190 g/mol. The van der Waals surface area contributed by atoms with Crippen LogP contribution >= 0.6 is 0 Å². The van der Waals surface area contributed by atoms with Gasteiger partial charge in [-0.25, -0.2) is 24.8 Å². The fraction of sp³-hybridized carbons (Fsp3) is 0.0122. The molecule has 0 N–H and O–H groups in total. The standard InChI is InChI=1S/C82H50F3N7/c1-86-62-28-14-27-56(45-62)61-50-79(91-75-46-57(71-33-15-29-67(87-71)52-19-6-2-7-20-52)37-41-63(75)64-42-38-58(47-76(64)91)72-34-16-30-68(88-72)53-21-8-3-9-22-53)81(82(83,84)85)80(51-61)92-77-48-59(73-35-17-31-69(89-73)54-23-10-4-11-24-54)39-43-65(77)66-44-40-60(49-78(66)92)74-36-18-32-70(90-74)55-25-12-5-13-26-55/h2-51H. The Bertz CT molecular complexity index is 4990. The van der Waals surface area contributed by atoms with E-state index < -0.39 is 11.7 Å². The molecule has 0 saturated carbocycles. The van der Waals surface area contributed by atoms with E-state index in [9.17, 15) is 0 Å². The van der Waals surface area contributed by atoms with Crippen molar-refractivity contribution in [1.82, 2.24) is 29.1 Å². The Morgan fingerprint density at radius 3 is 0.815 bits per heavy atom. The van der Waals surface area contributed by atoms with Gasteiger partial charge in [-0.3, -0.25) is 0 Å². The second-order valence-electron chi connectivity index (χ2n) is 22.7. The molecule has 0 radical (unpaired) electrons. The summed E-state index contributed by atoms with van der Waals surface area (Å²) >= 11 is 0. The molecule has 92 heavy (non-hydrogen) atoms. The molecule has 0 amide bonds. The van der Waals surface area contributed by atoms with Crippen LogP contribution in [0.4, 0.5) is 18.9 Å². The molecule has 0 unspecified atom stereocenters. The Morgan fingerprint density at radius 1 is 0.261 bits per heavy atom. The molecule has 0 aliphatic heterocycles. The summed E-state index contributed by atoms with van der Waals surface area (Å²) in [5.41, 5.74) is 14.5. The first-order valence-electron chi connectivity index (χ1n) is 30.2. The highest BCUT2D eigenvalue weighted by molar-refractivity contribution is 6.13. The number of hydrogen-bond acceptors (Lipinski definition) is 4. The Balaban J connectivity index is 1.02. The molecule has 0 bridgehead atoms. The van der Waals surface area contributed by atoms with Gasteiger partial charge >= 0.3 is 6.18 Å². The monoisotopic (exact) mass is 1190 g/mol. The van der Waals surface area contributed by atoms with Crippen molar-refractivity contribution in [3.05, 3.63) is 320 Å². The van der Waals surface area contributed by atoms with Crippen molar-refractivity contribution in [3.8, 4) is 113 Å². The van der Waals surface area contributed by atoms with E-state index >= 15 is 13.2 Å². The molecule has 0 fully saturated rings. The third-order valence-corrected chi connectivity index (χ3v) is 17.2. The van der Waals surface area contributed by atoms with Gasteiger partial charge in [0.15, 0.2) is 5.69 Å². The average Bonchev–Trinajstić information content (AvgIpc) is 1.53. The summed E-state index contributed by atoms with van der Waals surface area (Å²) < 4.78 is 57.1. The first-order valence-corrected chi connectivity index (χ1v) is 30.2. The molecule has 6 aromatic heterocycles. The maximum Gasteiger partial charge on any atom is 0.420 e. The zero-order chi connectivity index (χ0) is 61.9. The van der Waals surface area contributed by atoms with E-state index in [0.29, 0.717) is 83.9 Å². The number of pyridine rings is 4. The number of fused-ring (bicyclic) bond motifs is 6. The quantitative estimate of drug-likeness (QED) is 0.121. The van der Waals surface area contributed by atoms with Crippen LogP contribution in [-0.4, -0.2) is 29.1 Å². The topological polar surface area (TPSA) is 65.8 Å². The van der Waals surface area contributed by atoms with Crippen molar-refractivity contribution in [1.29, 1.82) is 0 Å². The molecule has 10 aromatic carbocycles. The molecule has 7 nitrogen and oxygen atoms in total. The van der Waals surface area contributed by atoms with E-state index in [1.807, 2.05) is 273 Å². The number of nitrogens with zero attached hydrogens (tertiary/aromatic N) is 7. The van der Waals surface area contributed by atoms with Gasteiger partial charge in [0.25, 0.3) is 0 Å². The van der Waals surface area contributed by atoms with E-state index in [2.05, 4.69) is 4.85 Å². The summed E-state index contributed by atoms with van der Waals surface area (Å²) in [5, 5.41) is 2.93. The summed E-state index contributed by atoms with van der Waals surface area (Å²) in [6.45, 7) is 8.15. The Hall–Kier alpha value is -12.3. The van der Waals surface area contributed by atoms with E-state index in [1.54, 1.807) is 39.5 Å². The Morgan fingerprint density at radius 2 is 0.533 bits per heavy atom. The minimum absolute atomic E-state index is 0.124. The number of benzene rings is 10. The van der Waals surface area contributed by atoms with Crippen molar-refractivity contribution in [2.45, 2.75) is 6.18 Å². The van der Waals surface area contributed by atoms with Crippen molar-refractivity contribution >= 4 is 49.3 Å². The first-order chi connectivity index (χ1) is 45.2. The van der Waals surface area contributed by atoms with Crippen molar-refractivity contribution in [2.75, 3.05) is 0 Å². The maximum absolute atomic E-state index is 17.8. The van der Waals surface area contributed by atoms with Gasteiger partial charge in [0.1, 0.15) is 5.56 Å². The summed E-state index contributed by atoms with van der Waals surface area (Å²) in [6.07, 6.45) is -5.01. The number of hydrogen-bond donors (Lipinski definition) is 0. The minimum Gasteiger partial charge on any atom is -0.308 e. The molecule has 16 aromatic rings. The van der Waals surface area contributed by atoms with Crippen molar-refractivity contribution in [3.63, 3.8) is 0 Å². The maximum atomic E-state index is 17.8. The molecule has 10 heteroatoms. The van der Waals surface area contributed by atoms with Gasteiger partial charge < -0.3 is 9.13 Å². The highest BCUT2D eigenvalue weighted by atomic mass is 19.4. The lowest BCUT2D eigenvalue weighted by Crippen LogP contribution is -2.16. The number of aromatic nitrogens is 6. The lowest BCUT2D eigenvalue weighted by atomic mass is 9.98. The first kappa shape index (κ1) is 55.0. The van der Waals surface area contributed by atoms with Crippen LogP contribution in [0.15, 0.2) is 303 Å². The molecule has 0 aliphatic carbocycles. The van der Waals surface area contributed by atoms with Gasteiger partial charge in [0.2, 0.25) is 0 Å². The molecule has 0 aliphatic rings. The second kappa shape index (κ2) is 22.7. The summed E-state index contributed by atoms with van der Waals surface area (Å²) in [5.74, 6) is 0. The number of halogens is 3. The third-order valence-electron chi connectivity index (χ3n) is 17.2. The molecular weight excluding hydrogens is 1140 g/mol. The zero-order valence-corrected chi connectivity index (χ0v) is 49.1. The predicted octanol–water partition coefficient (Wildman–Crippen LogP) is 22.0. The zero-order valence-electron chi connectivity index (χ0n) is 49.1. The Kier molecular flexibility index (Phi) is 13.6. The highest BCUT2D eigenvalue weighted by Crippen LogP contribution is 2.48. The van der Waals surface area contributed by atoms with Crippen molar-refractivity contribution in [2.24, 2.45) is 0 Å². The van der Waals surface area contributed by atoms with Crippen molar-refractivity contribution < 1.29 is 13.2 Å². The van der Waals surface area contributed by atoms with Gasteiger partial charge in [-0.15, -0.1) is 0 Å². The fourth-order valence-corrected chi connectivity index (χ4v) is 12.8. The van der Waals surface area contributed by atoms with Gasteiger partial charge in [0, 0.05) is 66.1 Å². The van der Waals surface area contributed by atoms with Gasteiger partial charge in [-0.2, -0.15) is 13.2 Å². The van der Waals surface area contributed by atoms with Crippen LogP contribution in [0.3, 0.4) is 0 Å². The van der Waals surface area contributed by atoms with Crippen LogP contribution < -0.4 is 0 Å². The number of alkyl halides is 3. The number of rotatable bonds is 11. The van der Waals surface area contributed by atoms with Crippen LogP contribution in [0.2, 0.25) is 0 Å². The third kappa shape index (κ3) is 10.0. The molecule has 16 rings (SSSR count). The van der Waals surface area contributed by atoms with E-state index in [4.69, 9.17) is 26.5 Å². The molecule has 0 spiro atoms. The van der Waals surface area contributed by atoms with Crippen LogP contribution in [-0.2, 0) is 6.18 Å². The molecule has 0 atom stereocenters. The fourth-order valence-electron chi connectivity index (χ4n) is 12.8. The summed E-state index contributed by atoms with van der Waals surface area (Å²) in [4.78, 5) is 24.5. The highest BCUT2D eigenvalue weighted by Gasteiger charge is 2.40. The van der Waals surface area contributed by atoms with E-state index in [-0.39, 0.29) is 11.4 Å². The SMILES string of the molecule is [C-]#[N+]c1cccc(-c2cc(-n3c4cc(-c5cccc(-c6ccccc6)n5)ccc4c4ccc(-c5cccc(-c6ccccc6)n5)cc43)c(C(F)(F)F)c(-n3c4cc(-c5cccc(-c6ccccc6)n5)ccc4c4ccc(-c5cccc(-c6ccccc6)n5)cc43)c2)c1. The normalized spacial score (nSPS) is 11.6. The molecule has 6 heterocycles. The van der Waals surface area contributed by atoms with E-state index in [1.165, 1.54) is 0 Å². The molecule has 434 valence electrons. The van der Waals surface area contributed by atoms with Crippen LogP contribution in [0, 0.1) is 6.57 Å². The second-order valence-corrected chi connectivity index (χ2v) is 22.7. The van der Waals surface area contributed by atoms with Gasteiger partial charge in [-0.05, 0) is 102 Å².